The average Bonchev–Trinajstić information content (AvgIpc) is 3.07. The van der Waals surface area contributed by atoms with E-state index in [1.54, 1.807) is 6.08 Å². The van der Waals surface area contributed by atoms with Gasteiger partial charge in [-0.05, 0) is 36.5 Å². The Labute approximate surface area is 130 Å². The molecule has 0 radical (unpaired) electrons. The van der Waals surface area contributed by atoms with Crippen molar-refractivity contribution in [3.8, 4) is 0 Å². The molecule has 0 aromatic heterocycles. The molecule has 2 aliphatic rings. The third kappa shape index (κ3) is 2.83. The summed E-state index contributed by atoms with van der Waals surface area (Å²) in [4.78, 5) is 23.8. The molecule has 1 saturated carbocycles. The molecule has 4 nitrogen and oxygen atoms in total. The van der Waals surface area contributed by atoms with E-state index in [0.717, 1.165) is 12.1 Å². The maximum Gasteiger partial charge on any atom is 0.416 e. The number of hydrogen-bond donors (Lipinski definition) is 2. The zero-order chi connectivity index (χ0) is 16.8. The highest BCUT2D eigenvalue weighted by molar-refractivity contribution is 5.96. The van der Waals surface area contributed by atoms with E-state index in [1.165, 1.54) is 12.1 Å². The zero-order valence-electron chi connectivity index (χ0n) is 11.9. The smallest absolute Gasteiger partial charge is 0.416 e. The number of rotatable bonds is 3. The average molecular weight is 325 g/mol. The van der Waals surface area contributed by atoms with Crippen LogP contribution in [0.2, 0.25) is 0 Å². The highest BCUT2D eigenvalue weighted by atomic mass is 19.4. The van der Waals surface area contributed by atoms with Crippen LogP contribution in [0.5, 0.6) is 0 Å². The Bertz CT molecular complexity index is 683. The van der Waals surface area contributed by atoms with Crippen LogP contribution in [0.25, 0.3) is 0 Å². The number of carboxylic acids is 1. The predicted octanol–water partition coefficient (Wildman–Crippen LogP) is 3.17. The number of anilines is 1. The van der Waals surface area contributed by atoms with Crippen LogP contribution in [-0.4, -0.2) is 17.0 Å². The van der Waals surface area contributed by atoms with Gasteiger partial charge < -0.3 is 10.4 Å². The number of halogens is 3. The van der Waals surface area contributed by atoms with Crippen LogP contribution < -0.4 is 5.32 Å². The van der Waals surface area contributed by atoms with E-state index in [0.29, 0.717) is 6.42 Å². The fraction of sp³-hybridized carbons (Fsp3) is 0.375. The summed E-state index contributed by atoms with van der Waals surface area (Å²) in [5.74, 6) is -3.53. The summed E-state index contributed by atoms with van der Waals surface area (Å²) in [6.45, 7) is 0. The van der Waals surface area contributed by atoms with Crippen LogP contribution in [0, 0.1) is 23.7 Å². The van der Waals surface area contributed by atoms with Crippen molar-refractivity contribution in [2.75, 3.05) is 5.32 Å². The first kappa shape index (κ1) is 15.6. The zero-order valence-corrected chi connectivity index (χ0v) is 11.9. The van der Waals surface area contributed by atoms with Gasteiger partial charge in [-0.2, -0.15) is 13.2 Å². The number of carboxylic acid groups (broad SMARTS) is 1. The molecule has 1 aromatic carbocycles. The molecule has 2 N–H and O–H groups in total. The van der Waals surface area contributed by atoms with E-state index in [-0.39, 0.29) is 17.5 Å². The third-order valence-electron chi connectivity index (χ3n) is 4.50. The number of carbonyl (C=O) groups is 2. The lowest BCUT2D eigenvalue weighted by Crippen LogP contribution is -2.36. The molecule has 0 saturated heterocycles. The molecule has 0 heterocycles. The molecule has 1 amide bonds. The van der Waals surface area contributed by atoms with Gasteiger partial charge in [-0.15, -0.1) is 0 Å². The summed E-state index contributed by atoms with van der Waals surface area (Å²) in [6.07, 6.45) is -0.283. The molecule has 0 unspecified atom stereocenters. The molecule has 2 aliphatic carbocycles. The number of amides is 1. The Morgan fingerprint density at radius 1 is 1.13 bits per heavy atom. The number of hydrogen-bond acceptors (Lipinski definition) is 2. The quantitative estimate of drug-likeness (QED) is 0.839. The molecule has 0 aliphatic heterocycles. The summed E-state index contributed by atoms with van der Waals surface area (Å²) in [5, 5.41) is 11.7. The first-order valence-electron chi connectivity index (χ1n) is 7.16. The van der Waals surface area contributed by atoms with Crippen LogP contribution in [0.1, 0.15) is 12.0 Å². The van der Waals surface area contributed by atoms with Gasteiger partial charge in [-0.1, -0.05) is 18.2 Å². The van der Waals surface area contributed by atoms with Crippen LogP contribution in [0.15, 0.2) is 36.4 Å². The van der Waals surface area contributed by atoms with Crippen LogP contribution in [0.4, 0.5) is 18.9 Å². The molecule has 122 valence electrons. The van der Waals surface area contributed by atoms with Crippen molar-refractivity contribution in [3.05, 3.63) is 42.0 Å². The van der Waals surface area contributed by atoms with Crippen molar-refractivity contribution in [2.45, 2.75) is 12.6 Å². The Morgan fingerprint density at radius 3 is 2.39 bits per heavy atom. The Morgan fingerprint density at radius 2 is 1.78 bits per heavy atom. The lowest BCUT2D eigenvalue weighted by molar-refractivity contribution is -0.146. The normalized spacial score (nSPS) is 28.8. The van der Waals surface area contributed by atoms with E-state index in [9.17, 15) is 27.9 Å². The largest absolute Gasteiger partial charge is 0.481 e. The first-order chi connectivity index (χ1) is 10.8. The Balaban J connectivity index is 1.80. The van der Waals surface area contributed by atoms with E-state index in [1.807, 2.05) is 6.08 Å². The molecule has 7 heteroatoms. The SMILES string of the molecule is O=C(O)[C@@H]1[C@@H](C(=O)Nc2cccc(C(F)(F)F)c2)[C@H]2C=C[C@H]1C2. The van der Waals surface area contributed by atoms with E-state index >= 15 is 0 Å². The fourth-order valence-electron chi connectivity index (χ4n) is 3.52. The second-order valence-electron chi connectivity index (χ2n) is 5.91. The first-order valence-corrected chi connectivity index (χ1v) is 7.16. The maximum atomic E-state index is 12.7. The van der Waals surface area contributed by atoms with Gasteiger partial charge in [0.2, 0.25) is 5.91 Å². The topological polar surface area (TPSA) is 66.4 Å². The van der Waals surface area contributed by atoms with Crippen molar-refractivity contribution in [1.82, 2.24) is 0 Å². The van der Waals surface area contributed by atoms with E-state index < -0.39 is 35.5 Å². The van der Waals surface area contributed by atoms with Crippen LogP contribution in [0.3, 0.4) is 0 Å². The number of alkyl halides is 3. The van der Waals surface area contributed by atoms with Gasteiger partial charge in [0.05, 0.1) is 17.4 Å². The number of carbonyl (C=O) groups excluding carboxylic acids is 1. The molecule has 4 atom stereocenters. The van der Waals surface area contributed by atoms with Gasteiger partial charge in [-0.3, -0.25) is 9.59 Å². The third-order valence-corrected chi connectivity index (χ3v) is 4.50. The molecule has 3 rings (SSSR count). The van der Waals surface area contributed by atoms with E-state index in [4.69, 9.17) is 0 Å². The van der Waals surface area contributed by atoms with Gasteiger partial charge >= 0.3 is 12.1 Å². The Kier molecular flexibility index (Phi) is 3.66. The minimum absolute atomic E-state index is 0.0146. The summed E-state index contributed by atoms with van der Waals surface area (Å²) < 4.78 is 38.1. The lowest BCUT2D eigenvalue weighted by atomic mass is 9.82. The number of benzene rings is 1. The monoisotopic (exact) mass is 325 g/mol. The number of fused-ring (bicyclic) bond motifs is 2. The molecular formula is C16H14F3NO3. The second-order valence-corrected chi connectivity index (χ2v) is 5.91. The summed E-state index contributed by atoms with van der Waals surface area (Å²) >= 11 is 0. The predicted molar refractivity (Wildman–Crippen MR) is 75.4 cm³/mol. The molecule has 2 bridgehead atoms. The van der Waals surface area contributed by atoms with Gasteiger partial charge in [-0.25, -0.2) is 0 Å². The van der Waals surface area contributed by atoms with Crippen LogP contribution >= 0.6 is 0 Å². The number of allylic oxidation sites excluding steroid dienone is 2. The summed E-state index contributed by atoms with van der Waals surface area (Å²) in [7, 11) is 0. The fourth-order valence-corrected chi connectivity index (χ4v) is 3.52. The minimum atomic E-state index is -4.50. The van der Waals surface area contributed by atoms with Crippen LogP contribution in [-0.2, 0) is 15.8 Å². The summed E-state index contributed by atoms with van der Waals surface area (Å²) in [6, 6.07) is 4.31. The van der Waals surface area contributed by atoms with E-state index in [2.05, 4.69) is 5.32 Å². The van der Waals surface area contributed by atoms with Crippen molar-refractivity contribution >= 4 is 17.6 Å². The van der Waals surface area contributed by atoms with Gasteiger partial charge in [0, 0.05) is 5.69 Å². The number of nitrogens with one attached hydrogen (secondary N) is 1. The molecule has 1 aromatic rings. The molecule has 1 fully saturated rings. The highest BCUT2D eigenvalue weighted by Gasteiger charge is 2.51. The Hall–Kier alpha value is -2.31. The molecule has 0 spiro atoms. The second kappa shape index (κ2) is 5.40. The van der Waals surface area contributed by atoms with Crippen molar-refractivity contribution in [1.29, 1.82) is 0 Å². The van der Waals surface area contributed by atoms with Gasteiger partial charge in [0.1, 0.15) is 0 Å². The van der Waals surface area contributed by atoms with Crippen molar-refractivity contribution in [3.63, 3.8) is 0 Å². The van der Waals surface area contributed by atoms with Gasteiger partial charge in [0.15, 0.2) is 0 Å². The number of aliphatic carboxylic acids is 1. The lowest BCUT2D eigenvalue weighted by Gasteiger charge is -2.24. The maximum absolute atomic E-state index is 12.7. The van der Waals surface area contributed by atoms with Gasteiger partial charge in [0.25, 0.3) is 0 Å². The molecule has 23 heavy (non-hydrogen) atoms. The van der Waals surface area contributed by atoms with Crippen molar-refractivity contribution < 1.29 is 27.9 Å². The molecular weight excluding hydrogens is 311 g/mol. The minimum Gasteiger partial charge on any atom is -0.481 e. The summed E-state index contributed by atoms with van der Waals surface area (Å²) in [5.41, 5.74) is -0.848. The standard InChI is InChI=1S/C16H14F3NO3/c17-16(18,19)10-2-1-3-11(7-10)20-14(21)12-8-4-5-9(6-8)13(12)15(22)23/h1-5,7-9,12-13H,6H2,(H,20,21)(H,22,23)/t8-,9-,12-,13-/m0/s1. The van der Waals surface area contributed by atoms with Crippen molar-refractivity contribution in [2.24, 2.45) is 23.7 Å². The highest BCUT2D eigenvalue weighted by Crippen LogP contribution is 2.48.